The van der Waals surface area contributed by atoms with Gasteiger partial charge in [0.25, 0.3) is 5.69 Å². The number of halogens is 2. The van der Waals surface area contributed by atoms with Crippen LogP contribution < -0.4 is 10.1 Å². The standard InChI is InChI=1S/C17H17Br2N3O4/c1-26-15-9-14(18)16(19)13(17(15)23)10-20-7-2-8-21-11-3-5-12(6-4-11)22(24)25/h3-6,9-10,21,23H,2,7-8H2,1H3. The summed E-state index contributed by atoms with van der Waals surface area (Å²) in [5, 5.41) is 24.0. The van der Waals surface area contributed by atoms with Gasteiger partial charge in [-0.3, -0.25) is 15.1 Å². The molecule has 0 amide bonds. The molecule has 138 valence electrons. The van der Waals surface area contributed by atoms with Crippen molar-refractivity contribution in [1.29, 1.82) is 0 Å². The smallest absolute Gasteiger partial charge is 0.269 e. The van der Waals surface area contributed by atoms with Crippen molar-refractivity contribution >= 4 is 49.4 Å². The van der Waals surface area contributed by atoms with Gasteiger partial charge in [-0.2, -0.15) is 0 Å². The number of nitro benzene ring substituents is 1. The van der Waals surface area contributed by atoms with Crippen LogP contribution in [0.1, 0.15) is 12.0 Å². The Morgan fingerprint density at radius 1 is 1.35 bits per heavy atom. The number of rotatable bonds is 8. The van der Waals surface area contributed by atoms with Gasteiger partial charge in [0.15, 0.2) is 11.5 Å². The summed E-state index contributed by atoms with van der Waals surface area (Å²) in [5.74, 6) is 0.386. The van der Waals surface area contributed by atoms with E-state index in [1.165, 1.54) is 19.2 Å². The van der Waals surface area contributed by atoms with Crippen molar-refractivity contribution in [3.63, 3.8) is 0 Å². The molecule has 0 heterocycles. The number of aliphatic imine (C=N–C) groups is 1. The zero-order valence-electron chi connectivity index (χ0n) is 13.9. The minimum atomic E-state index is -0.428. The summed E-state index contributed by atoms with van der Waals surface area (Å²) < 4.78 is 6.58. The van der Waals surface area contributed by atoms with Crippen LogP contribution in [0.2, 0.25) is 0 Å². The molecule has 0 aromatic heterocycles. The number of hydrogen-bond acceptors (Lipinski definition) is 6. The first-order valence-corrected chi connectivity index (χ1v) is 9.25. The molecule has 0 aliphatic heterocycles. The lowest BCUT2D eigenvalue weighted by atomic mass is 10.2. The van der Waals surface area contributed by atoms with Crippen LogP contribution in [0.3, 0.4) is 0 Å². The van der Waals surface area contributed by atoms with E-state index in [1.807, 2.05) is 0 Å². The Morgan fingerprint density at radius 2 is 2.04 bits per heavy atom. The van der Waals surface area contributed by atoms with E-state index in [-0.39, 0.29) is 11.4 Å². The molecule has 0 saturated carbocycles. The van der Waals surface area contributed by atoms with E-state index in [1.54, 1.807) is 24.4 Å². The number of anilines is 1. The fraction of sp³-hybridized carbons (Fsp3) is 0.235. The van der Waals surface area contributed by atoms with Crippen molar-refractivity contribution in [2.45, 2.75) is 6.42 Å². The predicted octanol–water partition coefficient (Wildman–Crippen LogP) is 4.76. The number of non-ortho nitro benzene ring substituents is 1. The molecule has 2 rings (SSSR count). The lowest BCUT2D eigenvalue weighted by Crippen LogP contribution is -2.03. The second-order valence-corrected chi connectivity index (χ2v) is 6.90. The third-order valence-electron chi connectivity index (χ3n) is 3.50. The molecule has 26 heavy (non-hydrogen) atoms. The number of phenols is 1. The average molecular weight is 487 g/mol. The van der Waals surface area contributed by atoms with Gasteiger partial charge in [0.2, 0.25) is 0 Å². The minimum Gasteiger partial charge on any atom is -0.504 e. The summed E-state index contributed by atoms with van der Waals surface area (Å²) in [7, 11) is 1.49. The van der Waals surface area contributed by atoms with Crippen LogP contribution >= 0.6 is 31.9 Å². The molecule has 0 saturated heterocycles. The number of methoxy groups -OCH3 is 1. The van der Waals surface area contributed by atoms with E-state index in [2.05, 4.69) is 42.2 Å². The molecule has 0 atom stereocenters. The van der Waals surface area contributed by atoms with Crippen LogP contribution in [0.5, 0.6) is 11.5 Å². The van der Waals surface area contributed by atoms with Gasteiger partial charge >= 0.3 is 0 Å². The van der Waals surface area contributed by atoms with Crippen molar-refractivity contribution < 1.29 is 14.8 Å². The van der Waals surface area contributed by atoms with E-state index in [4.69, 9.17) is 4.74 Å². The van der Waals surface area contributed by atoms with Crippen molar-refractivity contribution in [2.24, 2.45) is 4.99 Å². The summed E-state index contributed by atoms with van der Waals surface area (Å²) in [5.41, 5.74) is 1.42. The van der Waals surface area contributed by atoms with Crippen molar-refractivity contribution in [3.05, 3.63) is 55.0 Å². The van der Waals surface area contributed by atoms with Gasteiger partial charge in [0, 0.05) is 46.1 Å². The Labute approximate surface area is 167 Å². The molecule has 0 unspecified atom stereocenters. The third kappa shape index (κ3) is 5.18. The van der Waals surface area contributed by atoms with Crippen LogP contribution in [-0.4, -0.2) is 36.4 Å². The van der Waals surface area contributed by atoms with E-state index in [9.17, 15) is 15.2 Å². The van der Waals surface area contributed by atoms with E-state index >= 15 is 0 Å². The predicted molar refractivity (Wildman–Crippen MR) is 109 cm³/mol. The number of benzene rings is 2. The molecule has 0 fully saturated rings. The highest BCUT2D eigenvalue weighted by Crippen LogP contribution is 2.39. The molecule has 0 bridgehead atoms. The second kappa shape index (κ2) is 9.54. The van der Waals surface area contributed by atoms with Gasteiger partial charge in [-0.15, -0.1) is 0 Å². The monoisotopic (exact) mass is 485 g/mol. The normalized spacial score (nSPS) is 10.9. The van der Waals surface area contributed by atoms with E-state index < -0.39 is 4.92 Å². The maximum Gasteiger partial charge on any atom is 0.269 e. The second-order valence-electron chi connectivity index (χ2n) is 5.26. The van der Waals surface area contributed by atoms with Crippen LogP contribution in [0, 0.1) is 10.1 Å². The molecule has 2 N–H and O–H groups in total. The topological polar surface area (TPSA) is 97.0 Å². The number of nitrogens with one attached hydrogen (secondary N) is 1. The lowest BCUT2D eigenvalue weighted by molar-refractivity contribution is -0.384. The fourth-order valence-electron chi connectivity index (χ4n) is 2.15. The summed E-state index contributed by atoms with van der Waals surface area (Å²) >= 11 is 6.80. The van der Waals surface area contributed by atoms with Gasteiger partial charge in [-0.1, -0.05) is 0 Å². The third-order valence-corrected chi connectivity index (χ3v) is 5.52. The molecule has 0 radical (unpaired) electrons. The van der Waals surface area contributed by atoms with Gasteiger partial charge < -0.3 is 15.2 Å². The summed E-state index contributed by atoms with van der Waals surface area (Å²) in [6.45, 7) is 1.23. The molecule has 2 aromatic carbocycles. The number of ether oxygens (including phenoxy) is 1. The summed E-state index contributed by atoms with van der Waals surface area (Å²) in [6, 6.07) is 7.93. The Bertz CT molecular complexity index is 811. The number of aromatic hydroxyl groups is 1. The van der Waals surface area contributed by atoms with Crippen LogP contribution in [0.25, 0.3) is 0 Å². The maximum atomic E-state index is 10.6. The van der Waals surface area contributed by atoms with Gasteiger partial charge in [-0.05, 0) is 56.5 Å². The minimum absolute atomic E-state index is 0.0235. The summed E-state index contributed by atoms with van der Waals surface area (Å²) in [6.07, 6.45) is 2.36. The highest BCUT2D eigenvalue weighted by Gasteiger charge is 2.13. The van der Waals surface area contributed by atoms with Crippen LogP contribution in [0.15, 0.2) is 44.3 Å². The molecule has 0 aliphatic rings. The highest BCUT2D eigenvalue weighted by molar-refractivity contribution is 9.13. The fourth-order valence-corrected chi connectivity index (χ4v) is 2.97. The molecular weight excluding hydrogens is 470 g/mol. The van der Waals surface area contributed by atoms with Crippen LogP contribution in [0.4, 0.5) is 11.4 Å². The van der Waals surface area contributed by atoms with Crippen molar-refractivity contribution in [1.82, 2.24) is 0 Å². The van der Waals surface area contributed by atoms with Gasteiger partial charge in [0.05, 0.1) is 17.6 Å². The van der Waals surface area contributed by atoms with Crippen molar-refractivity contribution in [2.75, 3.05) is 25.5 Å². The molecule has 0 aliphatic carbocycles. The van der Waals surface area contributed by atoms with Gasteiger partial charge in [0.1, 0.15) is 0 Å². The molecular formula is C17H17Br2N3O4. The zero-order chi connectivity index (χ0) is 19.1. The Morgan fingerprint density at radius 3 is 2.65 bits per heavy atom. The molecule has 2 aromatic rings. The number of nitrogens with zero attached hydrogens (tertiary/aromatic N) is 2. The summed E-state index contributed by atoms with van der Waals surface area (Å²) in [4.78, 5) is 14.5. The molecule has 9 heteroatoms. The largest absolute Gasteiger partial charge is 0.504 e. The number of phenolic OH excluding ortho intramolecular Hbond substituents is 1. The number of hydrogen-bond donors (Lipinski definition) is 2. The Hall–Kier alpha value is -2.13. The van der Waals surface area contributed by atoms with Gasteiger partial charge in [-0.25, -0.2) is 0 Å². The Balaban J connectivity index is 1.86. The number of nitro groups is 1. The lowest BCUT2D eigenvalue weighted by Gasteiger charge is -2.09. The first-order valence-electron chi connectivity index (χ1n) is 7.67. The van der Waals surface area contributed by atoms with E-state index in [0.29, 0.717) is 28.9 Å². The Kier molecular flexibility index (Phi) is 7.40. The zero-order valence-corrected chi connectivity index (χ0v) is 17.1. The highest BCUT2D eigenvalue weighted by atomic mass is 79.9. The quantitative estimate of drug-likeness (QED) is 0.243. The first-order chi connectivity index (χ1) is 12.4. The molecule has 7 nitrogen and oxygen atoms in total. The maximum absolute atomic E-state index is 10.6. The van der Waals surface area contributed by atoms with Crippen molar-refractivity contribution in [3.8, 4) is 11.5 Å². The SMILES string of the molecule is COc1cc(Br)c(Br)c(C=NCCCNc2ccc([N+](=O)[O-])cc2)c1O. The molecule has 0 spiro atoms. The first kappa shape index (κ1) is 20.2. The van der Waals surface area contributed by atoms with Crippen LogP contribution in [-0.2, 0) is 0 Å². The van der Waals surface area contributed by atoms with E-state index in [0.717, 1.165) is 16.6 Å². The average Bonchev–Trinajstić information content (AvgIpc) is 2.63.